The normalized spacial score (nSPS) is 18.4. The smallest absolute Gasteiger partial charge is 0.293 e. The molecule has 0 amide bonds. The third-order valence-corrected chi connectivity index (χ3v) is 3.65. The van der Waals surface area contributed by atoms with Crippen molar-refractivity contribution in [3.8, 4) is 0 Å². The van der Waals surface area contributed by atoms with Crippen LogP contribution in [0, 0.1) is 15.5 Å². The third kappa shape index (κ3) is 2.60. The number of benzene rings is 1. The van der Waals surface area contributed by atoms with Crippen molar-refractivity contribution in [1.82, 2.24) is 0 Å². The lowest BCUT2D eigenvalue weighted by atomic mass is 9.93. The van der Waals surface area contributed by atoms with E-state index in [0.717, 1.165) is 29.7 Å². The zero-order valence-electron chi connectivity index (χ0n) is 9.94. The van der Waals surface area contributed by atoms with E-state index in [1.54, 1.807) is 6.07 Å². The number of rotatable bonds is 2. The van der Waals surface area contributed by atoms with Gasteiger partial charge in [0.1, 0.15) is 5.69 Å². The van der Waals surface area contributed by atoms with Crippen LogP contribution < -0.4 is 4.90 Å². The number of nitro benzene ring substituents is 1. The number of anilines is 1. The summed E-state index contributed by atoms with van der Waals surface area (Å²) in [6.45, 7) is 6.14. The van der Waals surface area contributed by atoms with Crippen LogP contribution >= 0.6 is 15.9 Å². The summed E-state index contributed by atoms with van der Waals surface area (Å²) in [4.78, 5) is 12.8. The molecule has 0 saturated carbocycles. The van der Waals surface area contributed by atoms with Gasteiger partial charge in [0.25, 0.3) is 5.69 Å². The highest BCUT2D eigenvalue weighted by atomic mass is 79.9. The van der Waals surface area contributed by atoms with Crippen molar-refractivity contribution in [1.29, 1.82) is 0 Å². The Bertz CT molecular complexity index is 460. The van der Waals surface area contributed by atoms with Gasteiger partial charge in [0, 0.05) is 23.6 Å². The topological polar surface area (TPSA) is 46.4 Å². The van der Waals surface area contributed by atoms with Crippen LogP contribution in [0.15, 0.2) is 22.7 Å². The van der Waals surface area contributed by atoms with Crippen molar-refractivity contribution in [2.45, 2.75) is 20.3 Å². The number of hydrogen-bond acceptors (Lipinski definition) is 3. The van der Waals surface area contributed by atoms with Crippen LogP contribution in [-0.4, -0.2) is 18.0 Å². The van der Waals surface area contributed by atoms with Crippen LogP contribution in [0.5, 0.6) is 0 Å². The first-order valence-corrected chi connectivity index (χ1v) is 6.37. The fourth-order valence-electron chi connectivity index (χ4n) is 2.23. The van der Waals surface area contributed by atoms with E-state index in [1.807, 2.05) is 12.1 Å². The van der Waals surface area contributed by atoms with E-state index in [9.17, 15) is 10.1 Å². The second kappa shape index (κ2) is 4.29. The molecular weight excluding hydrogens is 284 g/mol. The molecule has 1 aromatic rings. The molecule has 1 aromatic carbocycles. The summed E-state index contributed by atoms with van der Waals surface area (Å²) in [6.07, 6.45) is 1.07. The van der Waals surface area contributed by atoms with Crippen molar-refractivity contribution in [2.75, 3.05) is 18.0 Å². The summed E-state index contributed by atoms with van der Waals surface area (Å²) in [5.41, 5.74) is 1.14. The van der Waals surface area contributed by atoms with Crippen molar-refractivity contribution in [2.24, 2.45) is 5.41 Å². The highest BCUT2D eigenvalue weighted by Gasteiger charge is 2.32. The van der Waals surface area contributed by atoms with E-state index in [2.05, 4.69) is 34.7 Å². The van der Waals surface area contributed by atoms with Crippen LogP contribution in [0.3, 0.4) is 0 Å². The zero-order valence-corrected chi connectivity index (χ0v) is 11.5. The third-order valence-electron chi connectivity index (χ3n) is 3.15. The predicted octanol–water partition coefficient (Wildman–Crippen LogP) is 3.59. The molecule has 17 heavy (non-hydrogen) atoms. The van der Waals surface area contributed by atoms with Crippen molar-refractivity contribution >= 4 is 27.3 Å². The lowest BCUT2D eigenvalue weighted by Gasteiger charge is -2.21. The van der Waals surface area contributed by atoms with Crippen LogP contribution in [0.4, 0.5) is 11.4 Å². The molecule has 1 aliphatic rings. The number of nitrogens with zero attached hydrogens (tertiary/aromatic N) is 2. The maximum absolute atomic E-state index is 11.1. The molecule has 0 bridgehead atoms. The molecule has 1 saturated heterocycles. The van der Waals surface area contributed by atoms with Gasteiger partial charge in [-0.25, -0.2) is 0 Å². The Morgan fingerprint density at radius 3 is 2.71 bits per heavy atom. The molecule has 0 spiro atoms. The SMILES string of the molecule is CC1(C)CCN(c2ccc(Br)cc2[N+](=O)[O-])C1. The molecule has 92 valence electrons. The lowest BCUT2D eigenvalue weighted by molar-refractivity contribution is -0.384. The molecule has 0 aliphatic carbocycles. The quantitative estimate of drug-likeness (QED) is 0.619. The Morgan fingerprint density at radius 2 is 2.18 bits per heavy atom. The highest BCUT2D eigenvalue weighted by Crippen LogP contribution is 2.37. The molecule has 1 heterocycles. The molecule has 0 atom stereocenters. The van der Waals surface area contributed by atoms with Gasteiger partial charge in [0.2, 0.25) is 0 Å². The molecule has 0 aromatic heterocycles. The fraction of sp³-hybridized carbons (Fsp3) is 0.500. The first-order valence-electron chi connectivity index (χ1n) is 5.58. The first-order chi connectivity index (χ1) is 7.89. The summed E-state index contributed by atoms with van der Waals surface area (Å²) in [5.74, 6) is 0. The van der Waals surface area contributed by atoms with E-state index in [0.29, 0.717) is 0 Å². The molecule has 0 radical (unpaired) electrons. The summed E-state index contributed by atoms with van der Waals surface area (Å²) in [7, 11) is 0. The Morgan fingerprint density at radius 1 is 1.47 bits per heavy atom. The Labute approximate surface area is 109 Å². The Hall–Kier alpha value is -1.10. The molecule has 1 fully saturated rings. The minimum atomic E-state index is -0.314. The van der Waals surface area contributed by atoms with Gasteiger partial charge in [0.05, 0.1) is 4.92 Å². The second-order valence-electron chi connectivity index (χ2n) is 5.23. The summed E-state index contributed by atoms with van der Waals surface area (Å²) in [5, 5.41) is 11.1. The largest absolute Gasteiger partial charge is 0.365 e. The molecule has 5 heteroatoms. The molecule has 2 rings (SSSR count). The van der Waals surface area contributed by atoms with Crippen molar-refractivity contribution in [3.63, 3.8) is 0 Å². The monoisotopic (exact) mass is 298 g/mol. The van der Waals surface area contributed by atoms with Gasteiger partial charge in [-0.2, -0.15) is 0 Å². The zero-order chi connectivity index (χ0) is 12.6. The van der Waals surface area contributed by atoms with E-state index in [-0.39, 0.29) is 16.0 Å². The average molecular weight is 299 g/mol. The highest BCUT2D eigenvalue weighted by molar-refractivity contribution is 9.10. The molecule has 4 nitrogen and oxygen atoms in total. The van der Waals surface area contributed by atoms with E-state index in [1.165, 1.54) is 0 Å². The van der Waals surface area contributed by atoms with Gasteiger partial charge in [-0.3, -0.25) is 10.1 Å². The van der Waals surface area contributed by atoms with E-state index >= 15 is 0 Å². The summed E-state index contributed by atoms with van der Waals surface area (Å²) in [6, 6.07) is 5.25. The van der Waals surface area contributed by atoms with Crippen molar-refractivity contribution < 1.29 is 4.92 Å². The van der Waals surface area contributed by atoms with Crippen molar-refractivity contribution in [3.05, 3.63) is 32.8 Å². The van der Waals surface area contributed by atoms with Gasteiger partial charge < -0.3 is 4.90 Å². The lowest BCUT2D eigenvalue weighted by Crippen LogP contribution is -2.23. The molecule has 0 N–H and O–H groups in total. The van der Waals surface area contributed by atoms with Gasteiger partial charge in [-0.05, 0) is 24.0 Å². The molecular formula is C12H15BrN2O2. The number of hydrogen-bond donors (Lipinski definition) is 0. The summed E-state index contributed by atoms with van der Waals surface area (Å²) >= 11 is 3.27. The maximum atomic E-state index is 11.1. The number of halogens is 1. The Balaban J connectivity index is 2.36. The average Bonchev–Trinajstić information content (AvgIpc) is 2.58. The van der Waals surface area contributed by atoms with E-state index in [4.69, 9.17) is 0 Å². The second-order valence-corrected chi connectivity index (χ2v) is 6.14. The van der Waals surface area contributed by atoms with Crippen LogP contribution in [0.25, 0.3) is 0 Å². The fourth-order valence-corrected chi connectivity index (χ4v) is 2.58. The van der Waals surface area contributed by atoms with Gasteiger partial charge in [-0.1, -0.05) is 29.8 Å². The van der Waals surface area contributed by atoms with Crippen LogP contribution in [0.1, 0.15) is 20.3 Å². The predicted molar refractivity (Wildman–Crippen MR) is 71.4 cm³/mol. The minimum absolute atomic E-state index is 0.178. The van der Waals surface area contributed by atoms with Gasteiger partial charge in [-0.15, -0.1) is 0 Å². The standard InChI is InChI=1S/C12H15BrN2O2/c1-12(2)5-6-14(8-12)10-4-3-9(13)7-11(10)15(16)17/h3-4,7H,5-6,8H2,1-2H3. The van der Waals surface area contributed by atoms with E-state index < -0.39 is 0 Å². The maximum Gasteiger partial charge on any atom is 0.293 e. The molecule has 1 aliphatic heterocycles. The van der Waals surface area contributed by atoms with Crippen LogP contribution in [-0.2, 0) is 0 Å². The Kier molecular flexibility index (Phi) is 3.12. The summed E-state index contributed by atoms with van der Waals surface area (Å²) < 4.78 is 0.742. The van der Waals surface area contributed by atoms with Gasteiger partial charge in [0.15, 0.2) is 0 Å². The number of nitro groups is 1. The minimum Gasteiger partial charge on any atom is -0.365 e. The molecule has 0 unspecified atom stereocenters. The first kappa shape index (κ1) is 12.4. The van der Waals surface area contributed by atoms with Crippen LogP contribution in [0.2, 0.25) is 0 Å². The van der Waals surface area contributed by atoms with Gasteiger partial charge >= 0.3 is 0 Å².